The largest absolute Gasteiger partial charge is 0.618 e. The molecule has 0 bridgehead atoms. The van der Waals surface area contributed by atoms with Crippen LogP contribution in [-0.4, -0.2) is 49.0 Å². The number of hydrogen-bond acceptors (Lipinski definition) is 9. The summed E-state index contributed by atoms with van der Waals surface area (Å²) in [4.78, 5) is 71.4. The molecule has 9 aromatic rings. The highest BCUT2D eigenvalue weighted by Crippen LogP contribution is 2.35. The number of nitrogens with zero attached hydrogens (tertiary/aromatic N) is 4. The van der Waals surface area contributed by atoms with Gasteiger partial charge in [-0.2, -0.15) is 4.73 Å². The third kappa shape index (κ3) is 8.63. The third-order valence-electron chi connectivity index (χ3n) is 12.5. The minimum absolute atomic E-state index is 0. The van der Waals surface area contributed by atoms with Crippen LogP contribution < -0.4 is 44.8 Å². The van der Waals surface area contributed by atoms with Crippen LogP contribution in [0.2, 0.25) is 0 Å². The maximum absolute atomic E-state index is 12.7. The molecule has 0 unspecified atom stereocenters. The summed E-state index contributed by atoms with van der Waals surface area (Å²) < 4.78 is 16.4. The van der Waals surface area contributed by atoms with E-state index in [0.29, 0.717) is 59.1 Å². The van der Waals surface area contributed by atoms with Crippen LogP contribution in [0.15, 0.2) is 161 Å². The summed E-state index contributed by atoms with van der Waals surface area (Å²) in [5.41, 5.74) is 9.18. The number of hydrogen-bond donors (Lipinski definition) is 2. The van der Waals surface area contributed by atoms with Crippen LogP contribution in [0, 0.1) is 5.21 Å². The highest BCUT2D eigenvalue weighted by Gasteiger charge is 2.31. The van der Waals surface area contributed by atoms with Crippen LogP contribution in [0.25, 0.3) is 32.7 Å². The fourth-order valence-corrected chi connectivity index (χ4v) is 8.82. The highest BCUT2D eigenvalue weighted by atomic mass is 16.5. The molecular formula is C55H46N6O9. The van der Waals surface area contributed by atoms with Gasteiger partial charge in [-0.15, -0.1) is 0 Å². The zero-order chi connectivity index (χ0) is 47.9. The van der Waals surface area contributed by atoms with Crippen molar-refractivity contribution in [1.29, 1.82) is 0 Å². The lowest BCUT2D eigenvalue weighted by Crippen LogP contribution is -2.26. The van der Waals surface area contributed by atoms with Crippen molar-refractivity contribution >= 4 is 67.5 Å². The third-order valence-corrected chi connectivity index (χ3v) is 12.5. The van der Waals surface area contributed by atoms with Crippen molar-refractivity contribution in [2.75, 3.05) is 36.0 Å². The molecule has 0 fully saturated rings. The number of pyridine rings is 3. The Morgan fingerprint density at radius 3 is 1.24 bits per heavy atom. The average Bonchev–Trinajstić information content (AvgIpc) is 4.02. The number of methoxy groups -OCH3 is 3. The Labute approximate surface area is 400 Å². The van der Waals surface area contributed by atoms with Gasteiger partial charge in [0.15, 0.2) is 6.20 Å². The summed E-state index contributed by atoms with van der Waals surface area (Å²) >= 11 is 0. The molecule has 2 N–H and O–H groups in total. The summed E-state index contributed by atoms with van der Waals surface area (Å²) in [5.74, 6) is 1.89. The van der Waals surface area contributed by atoms with Gasteiger partial charge in [0.2, 0.25) is 16.6 Å². The highest BCUT2D eigenvalue weighted by molar-refractivity contribution is 6.12. The molecular weight excluding hydrogens is 889 g/mol. The Balaban J connectivity index is 0.000000129. The number of H-pyrrole nitrogens is 2. The molecule has 3 amide bonds. The Morgan fingerprint density at radius 2 is 0.843 bits per heavy atom. The number of aromatic nitrogens is 3. The molecule has 3 aromatic heterocycles. The number of carbonyl (C=O) groups is 3. The van der Waals surface area contributed by atoms with Gasteiger partial charge in [0.05, 0.1) is 41.0 Å². The van der Waals surface area contributed by atoms with Crippen LogP contribution in [0.5, 0.6) is 17.2 Å². The molecule has 0 radical (unpaired) electrons. The Hall–Kier alpha value is -9.24. The lowest BCUT2D eigenvalue weighted by Gasteiger charge is -2.16. The Morgan fingerprint density at radius 1 is 0.457 bits per heavy atom. The van der Waals surface area contributed by atoms with Crippen molar-refractivity contribution in [1.82, 2.24) is 9.97 Å². The minimum atomic E-state index is -0.137. The van der Waals surface area contributed by atoms with E-state index < -0.39 is 0 Å². The van der Waals surface area contributed by atoms with E-state index >= 15 is 0 Å². The number of rotatable bonds is 6. The van der Waals surface area contributed by atoms with Crippen molar-refractivity contribution in [2.24, 2.45) is 0 Å². The molecule has 0 spiro atoms. The first kappa shape index (κ1) is 45.9. The van der Waals surface area contributed by atoms with Crippen LogP contribution in [0.1, 0.15) is 55.2 Å². The Bertz CT molecular complexity index is 3520. The van der Waals surface area contributed by atoms with Crippen molar-refractivity contribution < 1.29 is 33.3 Å². The molecule has 12 rings (SSSR count). The van der Waals surface area contributed by atoms with Crippen molar-refractivity contribution in [3.05, 3.63) is 211 Å². The van der Waals surface area contributed by atoms with Gasteiger partial charge >= 0.3 is 0 Å². The average molecular weight is 935 g/mol. The maximum Gasteiger partial charge on any atom is 0.259 e. The van der Waals surface area contributed by atoms with Gasteiger partial charge in [-0.1, -0.05) is 25.6 Å². The normalized spacial score (nSPS) is 13.2. The van der Waals surface area contributed by atoms with E-state index in [2.05, 4.69) is 9.97 Å². The summed E-state index contributed by atoms with van der Waals surface area (Å²) in [6, 6.07) is 43.3. The first-order valence-corrected chi connectivity index (χ1v) is 21.8. The van der Waals surface area contributed by atoms with Crippen LogP contribution in [0.3, 0.4) is 0 Å². The van der Waals surface area contributed by atoms with Crippen LogP contribution >= 0.6 is 0 Å². The van der Waals surface area contributed by atoms with Gasteiger partial charge in [0.25, 0.3) is 17.7 Å². The standard InChI is InChI=1S/3C18H14N2O3.CH4/c2*1-23-14-5-2-12-10-20(18(22)15(12)9-14)13-4-6-16-11(8-13)3-7-17(21)19-16;1-23-15-6-4-13-11-19(18(21)16(13)10-15)14-5-7-17-12(9-14)3-2-8-20(17)22;/h2*2-9H,10H2,1H3,(H,19,21);2-10H,11H2,1H3;1H4. The lowest BCUT2D eigenvalue weighted by molar-refractivity contribution is -0.577. The molecule has 6 heterocycles. The zero-order valence-corrected chi connectivity index (χ0v) is 37.5. The number of carbonyl (C=O) groups excluding carboxylic acids is 3. The zero-order valence-electron chi connectivity index (χ0n) is 37.5. The van der Waals surface area contributed by atoms with E-state index in [0.717, 1.165) is 65.7 Å². The van der Waals surface area contributed by atoms with Crippen molar-refractivity contribution in [3.63, 3.8) is 0 Å². The number of amides is 3. The predicted molar refractivity (Wildman–Crippen MR) is 269 cm³/mol. The molecule has 0 saturated heterocycles. The van der Waals surface area contributed by atoms with Gasteiger partial charge in [0, 0.05) is 85.2 Å². The summed E-state index contributed by atoms with van der Waals surface area (Å²) in [7, 11) is 4.76. The minimum Gasteiger partial charge on any atom is -0.618 e. The van der Waals surface area contributed by atoms with E-state index in [1.165, 1.54) is 18.3 Å². The number of nitrogens with one attached hydrogen (secondary N) is 2. The number of ether oxygens (including phenoxy) is 3. The van der Waals surface area contributed by atoms with Crippen molar-refractivity contribution in [3.8, 4) is 17.2 Å². The SMILES string of the molecule is C.COc1ccc2c(c1)C(=O)N(c1ccc3[nH]c(=O)ccc3c1)C2.COc1ccc2c(c1)C(=O)N(c1ccc3[nH]c(=O)ccc3c1)C2.COc1ccc2c(c1)C(=O)N(c1ccc3c(ccc[n+]3[O-])c1)C2. The molecule has 3 aliphatic heterocycles. The van der Waals surface area contributed by atoms with Crippen LogP contribution in [0.4, 0.5) is 17.1 Å². The van der Waals surface area contributed by atoms with E-state index in [1.54, 1.807) is 84.6 Å². The molecule has 0 atom stereocenters. The molecule has 15 nitrogen and oxygen atoms in total. The van der Waals surface area contributed by atoms with E-state index in [-0.39, 0.29) is 36.3 Å². The number of aromatic amines is 2. The maximum atomic E-state index is 12.7. The second kappa shape index (κ2) is 18.8. The van der Waals surface area contributed by atoms with E-state index in [4.69, 9.17) is 14.2 Å². The molecule has 3 aliphatic rings. The molecule has 15 heteroatoms. The topological polar surface area (TPSA) is 181 Å². The first-order valence-electron chi connectivity index (χ1n) is 21.8. The smallest absolute Gasteiger partial charge is 0.259 e. The van der Waals surface area contributed by atoms with Gasteiger partial charge in [0.1, 0.15) is 17.2 Å². The molecule has 6 aromatic carbocycles. The second-order valence-corrected chi connectivity index (χ2v) is 16.5. The quantitative estimate of drug-likeness (QED) is 0.122. The Kier molecular flexibility index (Phi) is 12.3. The van der Waals surface area contributed by atoms with E-state index in [1.807, 2.05) is 84.9 Å². The van der Waals surface area contributed by atoms with Gasteiger partial charge in [-0.3, -0.25) is 24.0 Å². The first-order chi connectivity index (χ1) is 33.5. The summed E-state index contributed by atoms with van der Waals surface area (Å²) in [5, 5.41) is 14.3. The predicted octanol–water partition coefficient (Wildman–Crippen LogP) is 8.67. The van der Waals surface area contributed by atoms with Gasteiger partial charge in [-0.25, -0.2) is 0 Å². The number of anilines is 3. The molecule has 0 saturated carbocycles. The molecule has 70 heavy (non-hydrogen) atoms. The monoisotopic (exact) mass is 934 g/mol. The second-order valence-electron chi connectivity index (χ2n) is 16.5. The van der Waals surface area contributed by atoms with Gasteiger partial charge < -0.3 is 44.1 Å². The van der Waals surface area contributed by atoms with Crippen molar-refractivity contribution in [2.45, 2.75) is 27.1 Å². The van der Waals surface area contributed by atoms with Crippen LogP contribution in [-0.2, 0) is 19.6 Å². The number of fused-ring (bicyclic) bond motifs is 6. The fourth-order valence-electron chi connectivity index (χ4n) is 8.82. The molecule has 350 valence electrons. The molecule has 0 aliphatic carbocycles. The summed E-state index contributed by atoms with van der Waals surface area (Å²) in [6.45, 7) is 1.59. The number of benzene rings is 6. The van der Waals surface area contributed by atoms with Gasteiger partial charge in [-0.05, 0) is 120 Å². The van der Waals surface area contributed by atoms with E-state index in [9.17, 15) is 29.2 Å². The lowest BCUT2D eigenvalue weighted by atomic mass is 10.1. The summed E-state index contributed by atoms with van der Waals surface area (Å²) in [6.07, 6.45) is 1.46. The fraction of sp³-hybridized carbons (Fsp3) is 0.127.